The van der Waals surface area contributed by atoms with E-state index in [1.807, 2.05) is 0 Å². The summed E-state index contributed by atoms with van der Waals surface area (Å²) >= 11 is 0. The molecular weight excluding hydrogens is 792 g/mol. The Bertz CT molecular complexity index is 1460. The zero-order chi connectivity index (χ0) is 44.0. The highest BCUT2D eigenvalue weighted by Gasteiger charge is 2.25. The molecule has 0 aliphatic carbocycles. The molecule has 0 radical (unpaired) electrons. The van der Waals surface area contributed by atoms with E-state index < -0.39 is 54.0 Å². The van der Waals surface area contributed by atoms with Crippen molar-refractivity contribution in [3.05, 3.63) is 24.3 Å². The zero-order valence-corrected chi connectivity index (χ0v) is 34.4. The molecule has 0 spiro atoms. The van der Waals surface area contributed by atoms with Crippen molar-refractivity contribution in [1.29, 1.82) is 0 Å². The van der Waals surface area contributed by atoms with E-state index in [4.69, 9.17) is 18.9 Å². The minimum atomic E-state index is -0.847. The molecule has 2 unspecified atom stereocenters. The second kappa shape index (κ2) is 30.6. The van der Waals surface area contributed by atoms with E-state index in [1.165, 1.54) is 14.2 Å². The number of nitrogens with one attached hydrogen (secondary N) is 6. The van der Waals surface area contributed by atoms with Crippen molar-refractivity contribution in [3.63, 3.8) is 0 Å². The molecule has 9 amide bonds. The second-order valence-corrected chi connectivity index (χ2v) is 13.5. The predicted octanol–water partition coefficient (Wildman–Crippen LogP) is -0.215. The number of rotatable bonds is 33. The van der Waals surface area contributed by atoms with E-state index in [0.29, 0.717) is 71.1 Å². The molecule has 336 valence electrons. The van der Waals surface area contributed by atoms with Crippen molar-refractivity contribution in [2.75, 3.05) is 73.8 Å². The van der Waals surface area contributed by atoms with Gasteiger partial charge in [0.2, 0.25) is 17.7 Å². The Morgan fingerprint density at radius 2 is 1.07 bits per heavy atom. The van der Waals surface area contributed by atoms with Crippen molar-refractivity contribution in [1.82, 2.24) is 41.7 Å². The molecule has 0 aromatic heterocycles. The molecule has 0 aromatic rings. The summed E-state index contributed by atoms with van der Waals surface area (Å²) < 4.78 is 24.9. The first-order valence-electron chi connectivity index (χ1n) is 20.0. The van der Waals surface area contributed by atoms with Crippen LogP contribution in [0.5, 0.6) is 0 Å². The molecule has 2 atom stereocenters. The van der Waals surface area contributed by atoms with Crippen LogP contribution in [0.2, 0.25) is 0 Å². The molecule has 2 heterocycles. The maximum Gasteiger partial charge on any atom is 0.409 e. The van der Waals surface area contributed by atoms with Crippen LogP contribution in [0.3, 0.4) is 0 Å². The Labute approximate surface area is 349 Å². The number of amides is 9. The van der Waals surface area contributed by atoms with Gasteiger partial charge in [0.1, 0.15) is 12.3 Å². The third-order valence-corrected chi connectivity index (χ3v) is 8.84. The van der Waals surface area contributed by atoms with Gasteiger partial charge in [-0.2, -0.15) is 0 Å². The van der Waals surface area contributed by atoms with Crippen LogP contribution >= 0.6 is 0 Å². The summed E-state index contributed by atoms with van der Waals surface area (Å²) in [6.07, 6.45) is 8.48. The number of hydrogen-bond acceptors (Lipinski definition) is 15. The molecule has 2 aliphatic heterocycles. The van der Waals surface area contributed by atoms with E-state index in [2.05, 4.69) is 36.6 Å². The van der Waals surface area contributed by atoms with E-state index in [-0.39, 0.29) is 58.1 Å². The Morgan fingerprint density at radius 1 is 0.567 bits per heavy atom. The van der Waals surface area contributed by atoms with Gasteiger partial charge < -0.3 is 50.3 Å². The molecule has 0 saturated heterocycles. The Balaban J connectivity index is 1.67. The Kier molecular flexibility index (Phi) is 25.8. The molecule has 0 saturated carbocycles. The molecule has 2 aliphatic rings. The maximum absolute atomic E-state index is 12.9. The number of methoxy groups -OCH3 is 2. The number of alkyl carbamates (subject to hydrolysis) is 2. The number of carbonyl (C=O) groups is 9. The molecule has 22 heteroatoms. The minimum Gasteiger partial charge on any atom is -0.422 e. The van der Waals surface area contributed by atoms with Crippen molar-refractivity contribution >= 4 is 53.5 Å². The molecular formula is C38H60N8O14. The number of carbonyl (C=O) groups excluding carboxylic acids is 9. The summed E-state index contributed by atoms with van der Waals surface area (Å²) in [6.45, 7) is 1.27. The molecule has 0 bridgehead atoms. The minimum absolute atomic E-state index is 0.0105. The van der Waals surface area contributed by atoms with Gasteiger partial charge in [-0.1, -0.05) is 12.8 Å². The highest BCUT2D eigenvalue weighted by molar-refractivity contribution is 6.13. The number of unbranched alkanes of at least 4 members (excludes halogenated alkanes) is 5. The topological polar surface area (TPSA) is 278 Å². The summed E-state index contributed by atoms with van der Waals surface area (Å²) in [5.74, 6) is -2.93. The van der Waals surface area contributed by atoms with Crippen LogP contribution in [0.15, 0.2) is 24.3 Å². The van der Waals surface area contributed by atoms with E-state index in [1.54, 1.807) is 0 Å². The molecule has 0 fully saturated rings. The number of nitrogens with zero attached hydrogens (tertiary/aromatic N) is 2. The van der Waals surface area contributed by atoms with Gasteiger partial charge in [-0.05, 0) is 57.9 Å². The average molecular weight is 853 g/mol. The summed E-state index contributed by atoms with van der Waals surface area (Å²) in [5, 5.41) is 16.7. The summed E-state index contributed by atoms with van der Waals surface area (Å²) in [7, 11) is 2.76. The van der Waals surface area contributed by atoms with Gasteiger partial charge in [0, 0.05) is 84.1 Å². The lowest BCUT2D eigenvalue weighted by molar-refractivity contribution is -0.139. The van der Waals surface area contributed by atoms with Crippen LogP contribution in [-0.4, -0.2) is 149 Å². The molecule has 6 N–H and O–H groups in total. The first-order valence-corrected chi connectivity index (χ1v) is 20.0. The highest BCUT2D eigenvalue weighted by atomic mass is 16.7. The second-order valence-electron chi connectivity index (χ2n) is 13.5. The van der Waals surface area contributed by atoms with Gasteiger partial charge in [0.15, 0.2) is 13.6 Å². The normalized spacial score (nSPS) is 14.3. The first kappa shape index (κ1) is 50.7. The van der Waals surface area contributed by atoms with Crippen LogP contribution in [-0.2, 0) is 57.2 Å². The fourth-order valence-electron chi connectivity index (χ4n) is 5.64. The fraction of sp³-hybridized carbons (Fsp3) is 0.658. The lowest BCUT2D eigenvalue weighted by Crippen LogP contribution is -2.47. The molecule has 0 aromatic carbocycles. The van der Waals surface area contributed by atoms with Crippen LogP contribution in [0.1, 0.15) is 77.0 Å². The van der Waals surface area contributed by atoms with Crippen LogP contribution in [0.25, 0.3) is 0 Å². The quantitative estimate of drug-likeness (QED) is 0.0283. The fourth-order valence-corrected chi connectivity index (χ4v) is 5.64. The van der Waals surface area contributed by atoms with Crippen LogP contribution in [0, 0.1) is 0 Å². The molecule has 22 nitrogen and oxygen atoms in total. The van der Waals surface area contributed by atoms with Gasteiger partial charge in [0.25, 0.3) is 23.6 Å². The molecule has 60 heavy (non-hydrogen) atoms. The van der Waals surface area contributed by atoms with Crippen LogP contribution in [0.4, 0.5) is 9.59 Å². The number of ether oxygens (including phenoxy) is 5. The lowest BCUT2D eigenvalue weighted by atomic mass is 10.1. The van der Waals surface area contributed by atoms with Crippen molar-refractivity contribution in [3.8, 4) is 0 Å². The SMILES string of the molecule is COCOC(=O)NCCCCC(NC(=O)OCOC)C(=O)NCCCCCCNCOC(CCCCNC(=O)CCN1C(=O)C=CC1=O)NC(=O)CCN1C(=O)C=CC1=O. The van der Waals surface area contributed by atoms with Gasteiger partial charge in [-0.3, -0.25) is 48.7 Å². The average Bonchev–Trinajstić information content (AvgIpc) is 3.73. The summed E-state index contributed by atoms with van der Waals surface area (Å²) in [5.41, 5.74) is 0. The Morgan fingerprint density at radius 3 is 1.67 bits per heavy atom. The predicted molar refractivity (Wildman–Crippen MR) is 211 cm³/mol. The van der Waals surface area contributed by atoms with Gasteiger partial charge in [-0.25, -0.2) is 9.59 Å². The van der Waals surface area contributed by atoms with Gasteiger partial charge >= 0.3 is 12.2 Å². The first-order chi connectivity index (χ1) is 28.9. The lowest BCUT2D eigenvalue weighted by Gasteiger charge is -2.21. The van der Waals surface area contributed by atoms with Crippen molar-refractivity contribution in [2.24, 2.45) is 0 Å². The van der Waals surface area contributed by atoms with Crippen molar-refractivity contribution in [2.45, 2.75) is 89.3 Å². The summed E-state index contributed by atoms with van der Waals surface area (Å²) in [6, 6.07) is -0.847. The standard InChI is InChI=1S/C38H60N8O14/c1-56-26-59-37(54)42-22-9-5-11-28(43-38(55)60-27-57-2)36(53)41-21-8-4-3-7-19-39-25-58-31(44-30(48)18-24-46-34(51)15-16-35(46)52)12-6-10-20-40-29(47)17-23-45-32(49)13-14-33(45)50/h13-16,28,31,39H,3-12,17-27H2,1-2H3,(H,40,47)(H,41,53)(H,42,54)(H,43,55)(H,44,48). The zero-order valence-electron chi connectivity index (χ0n) is 34.4. The van der Waals surface area contributed by atoms with Crippen LogP contribution < -0.4 is 31.9 Å². The number of imide groups is 2. The van der Waals surface area contributed by atoms with Crippen molar-refractivity contribution < 1.29 is 66.8 Å². The van der Waals surface area contributed by atoms with E-state index in [9.17, 15) is 43.2 Å². The van der Waals surface area contributed by atoms with Gasteiger partial charge in [-0.15, -0.1) is 0 Å². The maximum atomic E-state index is 12.9. The Hall–Kier alpha value is -5.45. The highest BCUT2D eigenvalue weighted by Crippen LogP contribution is 2.08. The molecule has 2 rings (SSSR count). The largest absolute Gasteiger partial charge is 0.422 e. The summed E-state index contributed by atoms with van der Waals surface area (Å²) in [4.78, 5) is 110. The smallest absolute Gasteiger partial charge is 0.409 e. The third-order valence-electron chi connectivity index (χ3n) is 8.84. The third kappa shape index (κ3) is 22.1. The van der Waals surface area contributed by atoms with E-state index in [0.717, 1.165) is 53.4 Å². The van der Waals surface area contributed by atoms with Gasteiger partial charge in [0.05, 0.1) is 6.73 Å². The van der Waals surface area contributed by atoms with E-state index >= 15 is 0 Å². The number of hydrogen-bond donors (Lipinski definition) is 6. The monoisotopic (exact) mass is 852 g/mol.